The summed E-state index contributed by atoms with van der Waals surface area (Å²) in [6.45, 7) is 7.95. The summed E-state index contributed by atoms with van der Waals surface area (Å²) in [5, 5.41) is 7.29. The van der Waals surface area contributed by atoms with Crippen molar-refractivity contribution in [2.75, 3.05) is 31.7 Å². The minimum Gasteiger partial charge on any atom is -0.496 e. The van der Waals surface area contributed by atoms with E-state index in [-0.39, 0.29) is 24.0 Å². The lowest BCUT2D eigenvalue weighted by Gasteiger charge is -2.30. The van der Waals surface area contributed by atoms with Gasteiger partial charge in [0, 0.05) is 51.6 Å². The number of para-hydroxylation sites is 1. The molecule has 0 bridgehead atoms. The lowest BCUT2D eigenvalue weighted by Crippen LogP contribution is -2.46. The number of nitrogens with one attached hydrogen (secondary N) is 2. The van der Waals surface area contributed by atoms with Gasteiger partial charge in [0.2, 0.25) is 0 Å². The van der Waals surface area contributed by atoms with E-state index in [1.807, 2.05) is 36.9 Å². The molecule has 0 radical (unpaired) electrons. The fourth-order valence-corrected chi connectivity index (χ4v) is 5.92. The summed E-state index contributed by atoms with van der Waals surface area (Å²) in [7, 11) is 1.01. The van der Waals surface area contributed by atoms with Crippen LogP contribution in [-0.2, 0) is 10.8 Å². The van der Waals surface area contributed by atoms with Gasteiger partial charge in [-0.05, 0) is 44.2 Å². The van der Waals surface area contributed by atoms with Crippen LogP contribution in [0.3, 0.4) is 0 Å². The van der Waals surface area contributed by atoms with Gasteiger partial charge in [0.05, 0.1) is 7.11 Å². The van der Waals surface area contributed by atoms with Crippen molar-refractivity contribution in [3.63, 3.8) is 0 Å². The van der Waals surface area contributed by atoms with Gasteiger partial charge in [-0.3, -0.25) is 9.20 Å². The number of hydrogen-bond acceptors (Lipinski definition) is 4. The molecule has 172 valence electrons. The van der Waals surface area contributed by atoms with Crippen molar-refractivity contribution >= 4 is 52.5 Å². The van der Waals surface area contributed by atoms with Crippen LogP contribution in [0.1, 0.15) is 46.5 Å². The van der Waals surface area contributed by atoms with E-state index in [0.29, 0.717) is 17.2 Å². The molecule has 0 aromatic heterocycles. The Morgan fingerprint density at radius 3 is 2.80 bits per heavy atom. The first kappa shape index (κ1) is 27.6. The maximum atomic E-state index is 12.2. The lowest BCUT2D eigenvalue weighted by atomic mass is 9.95. The summed E-state index contributed by atoms with van der Waals surface area (Å²) in [6, 6.07) is 8.51. The van der Waals surface area contributed by atoms with Gasteiger partial charge < -0.3 is 15.4 Å². The summed E-state index contributed by atoms with van der Waals surface area (Å²) in [6.07, 6.45) is 4.33. The first-order chi connectivity index (χ1) is 14.1. The Bertz CT molecular complexity index is 676. The Labute approximate surface area is 206 Å². The van der Waals surface area contributed by atoms with Crippen LogP contribution in [0.2, 0.25) is 0 Å². The van der Waals surface area contributed by atoms with Crippen molar-refractivity contribution in [1.29, 1.82) is 0 Å². The van der Waals surface area contributed by atoms with Crippen molar-refractivity contribution in [3.8, 4) is 5.75 Å². The van der Waals surface area contributed by atoms with Crippen molar-refractivity contribution in [2.24, 2.45) is 10.9 Å². The van der Waals surface area contributed by atoms with E-state index in [1.165, 1.54) is 4.90 Å². The average molecular weight is 568 g/mol. The number of rotatable bonds is 10. The minimum atomic E-state index is -0.701. The number of halogens is 1. The van der Waals surface area contributed by atoms with E-state index in [9.17, 15) is 4.21 Å². The molecule has 1 fully saturated rings. The highest BCUT2D eigenvalue weighted by atomic mass is 127. The zero-order valence-electron chi connectivity index (χ0n) is 18.7. The third kappa shape index (κ3) is 9.34. The van der Waals surface area contributed by atoms with Crippen molar-refractivity contribution in [2.45, 2.75) is 62.6 Å². The Hall–Kier alpha value is -0.480. The molecule has 0 heterocycles. The Morgan fingerprint density at radius 1 is 1.33 bits per heavy atom. The van der Waals surface area contributed by atoms with E-state index >= 15 is 0 Å². The van der Waals surface area contributed by atoms with Crippen LogP contribution in [-0.4, -0.2) is 53.2 Å². The summed E-state index contributed by atoms with van der Waals surface area (Å²) in [5.74, 6) is 4.01. The Morgan fingerprint density at radius 2 is 2.10 bits per heavy atom. The molecule has 1 aliphatic rings. The van der Waals surface area contributed by atoms with Gasteiger partial charge in [-0.25, -0.2) is 0 Å². The number of guanidine groups is 1. The predicted molar refractivity (Wildman–Crippen MR) is 142 cm³/mol. The van der Waals surface area contributed by atoms with E-state index in [0.717, 1.165) is 62.0 Å². The molecule has 0 aliphatic heterocycles. The van der Waals surface area contributed by atoms with Crippen molar-refractivity contribution in [3.05, 3.63) is 24.3 Å². The summed E-state index contributed by atoms with van der Waals surface area (Å²) < 4.78 is 17.6. The largest absolute Gasteiger partial charge is 0.496 e. The van der Waals surface area contributed by atoms with E-state index in [1.54, 1.807) is 7.11 Å². The van der Waals surface area contributed by atoms with Gasteiger partial charge >= 0.3 is 0 Å². The predicted octanol–water partition coefficient (Wildman–Crippen LogP) is 4.68. The molecule has 4 atom stereocenters. The Kier molecular flexibility index (Phi) is 14.1. The second-order valence-electron chi connectivity index (χ2n) is 7.59. The second kappa shape index (κ2) is 15.3. The molecule has 5 nitrogen and oxygen atoms in total. The first-order valence-electron chi connectivity index (χ1n) is 10.7. The number of hydrogen-bond donors (Lipinski definition) is 2. The molecule has 2 rings (SSSR count). The fourth-order valence-electron chi connectivity index (χ4n) is 3.53. The highest BCUT2D eigenvalue weighted by molar-refractivity contribution is 14.0. The monoisotopic (exact) mass is 567 g/mol. The standard InChI is InChI=1S/C22H37N3O2S2.HI/c1-5-23-22(25-18-10-9-11-19(14-18)29(26)6-2)24-15-17(3)16-28-21-13-8-7-12-20(21)27-4;/h7-8,12-13,17-19H,5-6,9-11,14-16H2,1-4H3,(H2,23,24,25);1H. The van der Waals surface area contributed by atoms with Gasteiger partial charge in [0.15, 0.2) is 5.96 Å². The second-order valence-corrected chi connectivity index (χ2v) is 10.7. The molecule has 30 heavy (non-hydrogen) atoms. The topological polar surface area (TPSA) is 62.7 Å². The number of aliphatic imine (C=N–C) groups is 1. The molecule has 1 aliphatic carbocycles. The third-order valence-corrected chi connectivity index (χ3v) is 8.25. The van der Waals surface area contributed by atoms with E-state index in [2.05, 4.69) is 30.5 Å². The zero-order chi connectivity index (χ0) is 21.1. The summed E-state index contributed by atoms with van der Waals surface area (Å²) >= 11 is 1.82. The van der Waals surface area contributed by atoms with Crippen LogP contribution in [0, 0.1) is 5.92 Å². The number of methoxy groups -OCH3 is 1. The molecular weight excluding hydrogens is 529 g/mol. The van der Waals surface area contributed by atoms with Gasteiger partial charge in [0.1, 0.15) is 5.75 Å². The third-order valence-electron chi connectivity index (χ3n) is 5.12. The maximum absolute atomic E-state index is 12.2. The Balaban J connectivity index is 0.00000450. The molecule has 0 amide bonds. The van der Waals surface area contributed by atoms with Gasteiger partial charge in [-0.2, -0.15) is 0 Å². The molecule has 8 heteroatoms. The number of benzene rings is 1. The van der Waals surface area contributed by atoms with Crippen LogP contribution in [0.5, 0.6) is 5.75 Å². The van der Waals surface area contributed by atoms with Gasteiger partial charge in [0.25, 0.3) is 0 Å². The molecular formula is C22H38IN3O2S2. The van der Waals surface area contributed by atoms with Crippen LogP contribution in [0.15, 0.2) is 34.2 Å². The summed E-state index contributed by atoms with van der Waals surface area (Å²) in [5.41, 5.74) is 0. The highest BCUT2D eigenvalue weighted by Crippen LogP contribution is 2.30. The van der Waals surface area contributed by atoms with E-state index in [4.69, 9.17) is 9.73 Å². The van der Waals surface area contributed by atoms with Gasteiger partial charge in [-0.15, -0.1) is 35.7 Å². The average Bonchev–Trinajstić information content (AvgIpc) is 2.76. The van der Waals surface area contributed by atoms with Crippen LogP contribution in [0.25, 0.3) is 0 Å². The lowest BCUT2D eigenvalue weighted by molar-refractivity contribution is 0.405. The molecule has 1 aromatic rings. The van der Waals surface area contributed by atoms with Crippen LogP contribution < -0.4 is 15.4 Å². The SMILES string of the molecule is CCNC(=NCC(C)CSc1ccccc1OC)NC1CCCC(S(=O)CC)C1.I. The zero-order valence-corrected chi connectivity index (χ0v) is 22.7. The van der Waals surface area contributed by atoms with Crippen LogP contribution in [0.4, 0.5) is 0 Å². The highest BCUT2D eigenvalue weighted by Gasteiger charge is 2.26. The first-order valence-corrected chi connectivity index (χ1v) is 13.1. The minimum absolute atomic E-state index is 0. The van der Waals surface area contributed by atoms with E-state index < -0.39 is 10.8 Å². The molecule has 0 spiro atoms. The normalized spacial score (nSPS) is 21.3. The van der Waals surface area contributed by atoms with Crippen molar-refractivity contribution in [1.82, 2.24) is 10.6 Å². The molecule has 0 saturated heterocycles. The molecule has 1 saturated carbocycles. The fraction of sp³-hybridized carbons (Fsp3) is 0.682. The molecule has 4 unspecified atom stereocenters. The number of thioether (sulfide) groups is 1. The quantitative estimate of drug-likeness (QED) is 0.186. The maximum Gasteiger partial charge on any atom is 0.191 e. The molecule has 2 N–H and O–H groups in total. The van der Waals surface area contributed by atoms with Crippen LogP contribution >= 0.6 is 35.7 Å². The van der Waals surface area contributed by atoms with Crippen molar-refractivity contribution < 1.29 is 8.95 Å². The number of ether oxygens (including phenoxy) is 1. The smallest absolute Gasteiger partial charge is 0.191 e. The van der Waals surface area contributed by atoms with Gasteiger partial charge in [-0.1, -0.05) is 32.4 Å². The number of nitrogens with zero attached hydrogens (tertiary/aromatic N) is 1. The molecule has 1 aromatic carbocycles. The summed E-state index contributed by atoms with van der Waals surface area (Å²) in [4.78, 5) is 6.00.